The van der Waals surface area contributed by atoms with E-state index in [2.05, 4.69) is 5.32 Å². The fourth-order valence-electron chi connectivity index (χ4n) is 2.31. The number of hydrogen-bond donors (Lipinski definition) is 1. The first kappa shape index (κ1) is 15.2. The van der Waals surface area contributed by atoms with Crippen molar-refractivity contribution < 1.29 is 13.3 Å². The van der Waals surface area contributed by atoms with E-state index >= 15 is 0 Å². The second-order valence-electron chi connectivity index (χ2n) is 4.79. The number of rotatable bonds is 5. The molecule has 1 heterocycles. The summed E-state index contributed by atoms with van der Waals surface area (Å²) in [6.45, 7) is 0.571. The molecule has 1 saturated heterocycles. The van der Waals surface area contributed by atoms with E-state index in [4.69, 9.17) is 11.6 Å². The van der Waals surface area contributed by atoms with Gasteiger partial charge in [0, 0.05) is 29.7 Å². The summed E-state index contributed by atoms with van der Waals surface area (Å²) in [7, 11) is -2.99. The Hall–Kier alpha value is -1.18. The van der Waals surface area contributed by atoms with Crippen molar-refractivity contribution in [1.29, 1.82) is 0 Å². The normalized spacial score (nSPS) is 20.9. The van der Waals surface area contributed by atoms with E-state index in [1.54, 1.807) is 12.1 Å². The maximum atomic E-state index is 11.7. The monoisotopic (exact) mass is 318 g/mol. The lowest BCUT2D eigenvalue weighted by molar-refractivity contribution is -0.385. The number of halogens is 1. The molecule has 8 heteroatoms. The van der Waals surface area contributed by atoms with Gasteiger partial charge in [-0.2, -0.15) is 0 Å². The molecule has 0 aromatic heterocycles. The summed E-state index contributed by atoms with van der Waals surface area (Å²) in [5.74, 6) is 0.237. The lowest BCUT2D eigenvalue weighted by atomic mass is 10.1. The van der Waals surface area contributed by atoms with Gasteiger partial charge >= 0.3 is 0 Å². The smallest absolute Gasteiger partial charge is 0.275 e. The van der Waals surface area contributed by atoms with Crippen LogP contribution in [-0.2, 0) is 16.4 Å². The number of nitro benzene ring substituents is 1. The molecule has 6 nitrogen and oxygen atoms in total. The molecule has 0 bridgehead atoms. The molecule has 1 N–H and O–H groups in total. The van der Waals surface area contributed by atoms with Crippen molar-refractivity contribution in [2.45, 2.75) is 24.6 Å². The summed E-state index contributed by atoms with van der Waals surface area (Å²) in [6, 6.07) is 4.46. The van der Waals surface area contributed by atoms with Gasteiger partial charge < -0.3 is 5.32 Å². The van der Waals surface area contributed by atoms with Gasteiger partial charge in [0.1, 0.15) is 0 Å². The number of hydrogen-bond acceptors (Lipinski definition) is 5. The van der Waals surface area contributed by atoms with E-state index in [1.807, 2.05) is 0 Å². The molecule has 0 spiro atoms. The summed E-state index contributed by atoms with van der Waals surface area (Å²) in [5, 5.41) is 13.8. The van der Waals surface area contributed by atoms with Crippen molar-refractivity contribution in [2.24, 2.45) is 0 Å². The molecule has 2 rings (SSSR count). The molecule has 1 aromatic rings. The Labute approximate surface area is 122 Å². The first-order valence-electron chi connectivity index (χ1n) is 6.25. The Kier molecular flexibility index (Phi) is 4.62. The molecule has 0 radical (unpaired) electrons. The average molecular weight is 319 g/mol. The third-order valence-corrected chi connectivity index (χ3v) is 5.91. The Morgan fingerprint density at radius 3 is 2.80 bits per heavy atom. The van der Waals surface area contributed by atoms with Crippen LogP contribution in [0.3, 0.4) is 0 Å². The van der Waals surface area contributed by atoms with Gasteiger partial charge in [-0.3, -0.25) is 10.1 Å². The Bertz CT molecular complexity index is 618. The van der Waals surface area contributed by atoms with Crippen molar-refractivity contribution in [3.8, 4) is 0 Å². The molecule has 1 atom stereocenters. The van der Waals surface area contributed by atoms with Crippen LogP contribution in [0.2, 0.25) is 5.02 Å². The highest BCUT2D eigenvalue weighted by Gasteiger charge is 2.30. The van der Waals surface area contributed by atoms with Crippen LogP contribution in [0.15, 0.2) is 18.2 Å². The zero-order chi connectivity index (χ0) is 14.8. The largest absolute Gasteiger partial charge is 0.311 e. The molecule has 1 aromatic carbocycles. The standard InChI is InChI=1S/C12H15ClN2O4S/c13-10-4-3-9(12(6-10)15(16)17)7-14-8-11-2-1-5-20(11,18)19/h3-4,6,11,14H,1-2,5,7-8H2. The lowest BCUT2D eigenvalue weighted by Crippen LogP contribution is -2.30. The van der Waals surface area contributed by atoms with Gasteiger partial charge in [0.2, 0.25) is 0 Å². The van der Waals surface area contributed by atoms with Crippen molar-refractivity contribution >= 4 is 27.1 Å². The first-order valence-corrected chi connectivity index (χ1v) is 8.34. The van der Waals surface area contributed by atoms with Crippen molar-refractivity contribution in [3.63, 3.8) is 0 Å². The van der Waals surface area contributed by atoms with Crippen LogP contribution in [0, 0.1) is 10.1 Å². The second-order valence-corrected chi connectivity index (χ2v) is 7.63. The van der Waals surface area contributed by atoms with Crippen LogP contribution in [-0.4, -0.2) is 30.9 Å². The molecular weight excluding hydrogens is 304 g/mol. The minimum Gasteiger partial charge on any atom is -0.311 e. The number of sulfone groups is 1. The zero-order valence-electron chi connectivity index (χ0n) is 10.7. The summed E-state index contributed by atoms with van der Waals surface area (Å²) in [6.07, 6.45) is 1.34. The van der Waals surface area contributed by atoms with E-state index in [0.29, 0.717) is 30.0 Å². The minimum atomic E-state index is -2.99. The highest BCUT2D eigenvalue weighted by molar-refractivity contribution is 7.92. The number of nitrogens with one attached hydrogen (secondary N) is 1. The minimum absolute atomic E-state index is 0.0562. The molecule has 0 amide bonds. The van der Waals surface area contributed by atoms with Gasteiger partial charge in [-0.25, -0.2) is 8.42 Å². The van der Waals surface area contributed by atoms with Crippen LogP contribution >= 0.6 is 11.6 Å². The van der Waals surface area contributed by atoms with Gasteiger partial charge in [0.25, 0.3) is 5.69 Å². The fourth-order valence-corrected chi connectivity index (χ4v) is 4.28. The quantitative estimate of drug-likeness (QED) is 0.661. The SMILES string of the molecule is O=[N+]([O-])c1cc(Cl)ccc1CNCC1CCCS1(=O)=O. The molecule has 1 fully saturated rings. The fraction of sp³-hybridized carbons (Fsp3) is 0.500. The predicted octanol–water partition coefficient (Wildman–Crippen LogP) is 1.91. The van der Waals surface area contributed by atoms with Crippen LogP contribution in [0.25, 0.3) is 0 Å². The average Bonchev–Trinajstić information content (AvgIpc) is 2.70. The number of benzene rings is 1. The van der Waals surface area contributed by atoms with Crippen molar-refractivity contribution in [2.75, 3.05) is 12.3 Å². The van der Waals surface area contributed by atoms with Crippen LogP contribution in [0.5, 0.6) is 0 Å². The summed E-state index contributed by atoms with van der Waals surface area (Å²) in [4.78, 5) is 10.4. The van der Waals surface area contributed by atoms with Crippen LogP contribution in [0.1, 0.15) is 18.4 Å². The second kappa shape index (κ2) is 6.07. The van der Waals surface area contributed by atoms with E-state index in [0.717, 1.165) is 0 Å². The van der Waals surface area contributed by atoms with Crippen LogP contribution in [0.4, 0.5) is 5.69 Å². The van der Waals surface area contributed by atoms with E-state index in [9.17, 15) is 18.5 Å². The molecule has 1 aliphatic rings. The predicted molar refractivity (Wildman–Crippen MR) is 76.6 cm³/mol. The number of nitro groups is 1. The van der Waals surface area contributed by atoms with Gasteiger partial charge in [0.05, 0.1) is 15.9 Å². The molecule has 0 aliphatic carbocycles. The van der Waals surface area contributed by atoms with Crippen LogP contribution < -0.4 is 5.32 Å². The molecule has 110 valence electrons. The third-order valence-electron chi connectivity index (χ3n) is 3.39. The number of nitrogens with zero attached hydrogens (tertiary/aromatic N) is 1. The van der Waals surface area contributed by atoms with Crippen molar-refractivity contribution in [3.05, 3.63) is 38.9 Å². The van der Waals surface area contributed by atoms with Gasteiger partial charge in [0.15, 0.2) is 9.84 Å². The third kappa shape index (κ3) is 3.47. The Morgan fingerprint density at radius 1 is 1.45 bits per heavy atom. The molecule has 20 heavy (non-hydrogen) atoms. The van der Waals surface area contributed by atoms with Gasteiger partial charge in [-0.05, 0) is 25.0 Å². The summed E-state index contributed by atoms with van der Waals surface area (Å²) in [5.41, 5.74) is 0.439. The molecule has 1 aliphatic heterocycles. The van der Waals surface area contributed by atoms with Gasteiger partial charge in [-0.1, -0.05) is 11.6 Å². The summed E-state index contributed by atoms with van der Waals surface area (Å²) >= 11 is 5.73. The highest BCUT2D eigenvalue weighted by atomic mass is 35.5. The Morgan fingerprint density at radius 2 is 2.20 bits per heavy atom. The van der Waals surface area contributed by atoms with E-state index in [-0.39, 0.29) is 23.2 Å². The maximum Gasteiger partial charge on any atom is 0.275 e. The Balaban J connectivity index is 1.99. The molecular formula is C12H15ClN2O4S. The topological polar surface area (TPSA) is 89.3 Å². The van der Waals surface area contributed by atoms with E-state index < -0.39 is 14.8 Å². The van der Waals surface area contributed by atoms with E-state index in [1.165, 1.54) is 6.07 Å². The maximum absolute atomic E-state index is 11.7. The summed E-state index contributed by atoms with van der Waals surface area (Å²) < 4.78 is 23.3. The van der Waals surface area contributed by atoms with Gasteiger partial charge in [-0.15, -0.1) is 0 Å². The molecule has 0 saturated carbocycles. The first-order chi connectivity index (χ1) is 9.40. The lowest BCUT2D eigenvalue weighted by Gasteiger charge is -2.11. The zero-order valence-corrected chi connectivity index (χ0v) is 12.3. The highest BCUT2D eigenvalue weighted by Crippen LogP contribution is 2.23. The molecule has 1 unspecified atom stereocenters. The van der Waals surface area contributed by atoms with Crippen molar-refractivity contribution in [1.82, 2.24) is 5.32 Å².